The Morgan fingerprint density at radius 2 is 2.09 bits per heavy atom. The first-order valence-corrected chi connectivity index (χ1v) is 8.44. The summed E-state index contributed by atoms with van der Waals surface area (Å²) in [7, 11) is 0. The van der Waals surface area contributed by atoms with Crippen molar-refractivity contribution in [3.05, 3.63) is 17.5 Å². The molecule has 6 heteroatoms. The largest absolute Gasteiger partial charge is 0.378 e. The first-order valence-electron chi connectivity index (χ1n) is 8.44. The Balaban J connectivity index is 1.78. The molecule has 23 heavy (non-hydrogen) atoms. The molecule has 1 amide bonds. The average molecular weight is 318 g/mol. The Labute approximate surface area is 137 Å². The normalized spacial score (nSPS) is 21.7. The molecule has 1 aliphatic heterocycles. The van der Waals surface area contributed by atoms with Crippen LogP contribution in [0.1, 0.15) is 50.9 Å². The molecule has 0 saturated carbocycles. The Morgan fingerprint density at radius 3 is 2.78 bits per heavy atom. The molecule has 0 bridgehead atoms. The Bertz CT molecular complexity index is 576. The van der Waals surface area contributed by atoms with Crippen LogP contribution in [0.5, 0.6) is 0 Å². The number of hydrogen-bond donors (Lipinski definition) is 1. The number of amides is 1. The number of hydrogen-bond acceptors (Lipinski definition) is 5. The molecule has 1 N–H and O–H groups in total. The van der Waals surface area contributed by atoms with Gasteiger partial charge in [-0.1, -0.05) is 20.8 Å². The lowest BCUT2D eigenvalue weighted by Crippen LogP contribution is -2.40. The van der Waals surface area contributed by atoms with Gasteiger partial charge in [-0.3, -0.25) is 4.79 Å². The molecule has 1 aromatic rings. The van der Waals surface area contributed by atoms with E-state index in [4.69, 9.17) is 9.72 Å². The quantitative estimate of drug-likeness (QED) is 0.901. The van der Waals surface area contributed by atoms with Crippen LogP contribution in [0.4, 0.5) is 5.95 Å². The monoisotopic (exact) mass is 318 g/mol. The minimum absolute atomic E-state index is 0.0317. The van der Waals surface area contributed by atoms with E-state index in [1.165, 1.54) is 0 Å². The van der Waals surface area contributed by atoms with Crippen molar-refractivity contribution in [2.75, 3.05) is 31.2 Å². The van der Waals surface area contributed by atoms with Crippen LogP contribution in [-0.2, 0) is 16.0 Å². The molecule has 1 fully saturated rings. The van der Waals surface area contributed by atoms with Crippen LogP contribution in [-0.4, -0.2) is 42.2 Å². The molecule has 1 aliphatic carbocycles. The topological polar surface area (TPSA) is 67.4 Å². The summed E-state index contributed by atoms with van der Waals surface area (Å²) in [6.07, 6.45) is 4.85. The first kappa shape index (κ1) is 16.2. The lowest BCUT2D eigenvalue weighted by molar-refractivity contribution is -0.129. The smallest absolute Gasteiger partial charge is 0.225 e. The molecule has 1 atom stereocenters. The molecular weight excluding hydrogens is 292 g/mol. The van der Waals surface area contributed by atoms with Gasteiger partial charge in [-0.15, -0.1) is 0 Å². The number of rotatable bonds is 2. The van der Waals surface area contributed by atoms with E-state index >= 15 is 0 Å². The zero-order valence-electron chi connectivity index (χ0n) is 14.3. The number of nitrogens with one attached hydrogen (secondary N) is 1. The number of ether oxygens (including phenoxy) is 1. The number of anilines is 1. The number of carbonyl (C=O) groups excluding carboxylic acids is 1. The summed E-state index contributed by atoms with van der Waals surface area (Å²) < 4.78 is 5.38. The molecule has 0 spiro atoms. The summed E-state index contributed by atoms with van der Waals surface area (Å²) in [6.45, 7) is 8.93. The molecular formula is C17H26N4O2. The maximum atomic E-state index is 12.3. The van der Waals surface area contributed by atoms with E-state index in [0.29, 0.717) is 0 Å². The maximum Gasteiger partial charge on any atom is 0.225 e. The lowest BCUT2D eigenvalue weighted by Gasteiger charge is -2.31. The van der Waals surface area contributed by atoms with Gasteiger partial charge in [0.05, 0.1) is 24.9 Å². The van der Waals surface area contributed by atoms with Crippen LogP contribution in [0.25, 0.3) is 0 Å². The standard InChI is InChI=1S/C17H26N4O2/c1-17(2,3)15(22)19-13-5-4-6-14-12(13)11-18-16(20-14)21-7-9-23-10-8-21/h11,13H,4-10H2,1-3H3,(H,19,22)/t13-/m0/s1. The Hall–Kier alpha value is -1.69. The van der Waals surface area contributed by atoms with Gasteiger partial charge < -0.3 is 15.0 Å². The fourth-order valence-electron chi connectivity index (χ4n) is 2.98. The van der Waals surface area contributed by atoms with E-state index in [-0.39, 0.29) is 17.4 Å². The highest BCUT2D eigenvalue weighted by Gasteiger charge is 2.29. The highest BCUT2D eigenvalue weighted by molar-refractivity contribution is 5.81. The highest BCUT2D eigenvalue weighted by Crippen LogP contribution is 2.30. The minimum atomic E-state index is -0.383. The second-order valence-electron chi connectivity index (χ2n) is 7.34. The van der Waals surface area contributed by atoms with E-state index in [9.17, 15) is 4.79 Å². The molecule has 0 radical (unpaired) electrons. The molecule has 2 aliphatic rings. The third-order valence-corrected chi connectivity index (χ3v) is 4.45. The van der Waals surface area contributed by atoms with E-state index in [2.05, 4.69) is 15.2 Å². The number of fused-ring (bicyclic) bond motifs is 1. The minimum Gasteiger partial charge on any atom is -0.378 e. The molecule has 1 saturated heterocycles. The first-order chi connectivity index (χ1) is 10.9. The number of aromatic nitrogens is 2. The highest BCUT2D eigenvalue weighted by atomic mass is 16.5. The third kappa shape index (κ3) is 3.63. The Morgan fingerprint density at radius 1 is 1.35 bits per heavy atom. The molecule has 3 rings (SSSR count). The summed E-state index contributed by atoms with van der Waals surface area (Å²) >= 11 is 0. The zero-order valence-corrected chi connectivity index (χ0v) is 14.3. The van der Waals surface area contributed by atoms with E-state index in [1.54, 1.807) is 0 Å². The van der Waals surface area contributed by atoms with E-state index in [1.807, 2.05) is 27.0 Å². The second kappa shape index (κ2) is 6.43. The number of nitrogens with zero attached hydrogens (tertiary/aromatic N) is 3. The molecule has 1 aromatic heterocycles. The zero-order chi connectivity index (χ0) is 16.4. The third-order valence-electron chi connectivity index (χ3n) is 4.45. The second-order valence-corrected chi connectivity index (χ2v) is 7.34. The summed E-state index contributed by atoms with van der Waals surface area (Å²) in [5, 5.41) is 3.16. The van der Waals surface area contributed by atoms with Crippen molar-refractivity contribution < 1.29 is 9.53 Å². The molecule has 6 nitrogen and oxygen atoms in total. The van der Waals surface area contributed by atoms with Crippen LogP contribution in [0.15, 0.2) is 6.20 Å². The van der Waals surface area contributed by atoms with Gasteiger partial charge in [0.2, 0.25) is 11.9 Å². The van der Waals surface area contributed by atoms with Gasteiger partial charge in [0.25, 0.3) is 0 Å². The fraction of sp³-hybridized carbons (Fsp3) is 0.706. The SMILES string of the molecule is CC(C)(C)C(=O)N[C@H]1CCCc2nc(N3CCOCC3)ncc21. The Kier molecular flexibility index (Phi) is 4.53. The number of carbonyl (C=O) groups is 1. The molecule has 0 unspecified atom stereocenters. The van der Waals surface area contributed by atoms with Crippen molar-refractivity contribution in [3.63, 3.8) is 0 Å². The summed E-state index contributed by atoms with van der Waals surface area (Å²) in [5.74, 6) is 0.863. The van der Waals surface area contributed by atoms with Gasteiger partial charge in [0, 0.05) is 30.3 Å². The average Bonchev–Trinajstić information content (AvgIpc) is 2.54. The number of aryl methyl sites for hydroxylation is 1. The van der Waals surface area contributed by atoms with Gasteiger partial charge in [-0.05, 0) is 19.3 Å². The van der Waals surface area contributed by atoms with Crippen LogP contribution in [0.3, 0.4) is 0 Å². The van der Waals surface area contributed by atoms with E-state index in [0.717, 1.165) is 62.8 Å². The van der Waals surface area contributed by atoms with Crippen LogP contribution < -0.4 is 10.2 Å². The summed E-state index contributed by atoms with van der Waals surface area (Å²) in [5.41, 5.74) is 1.77. The van der Waals surface area contributed by atoms with Gasteiger partial charge >= 0.3 is 0 Å². The van der Waals surface area contributed by atoms with Crippen LogP contribution >= 0.6 is 0 Å². The van der Waals surface area contributed by atoms with Crippen molar-refractivity contribution in [1.82, 2.24) is 15.3 Å². The van der Waals surface area contributed by atoms with Crippen molar-refractivity contribution in [2.45, 2.75) is 46.1 Å². The fourth-order valence-corrected chi connectivity index (χ4v) is 2.98. The van der Waals surface area contributed by atoms with Gasteiger partial charge in [0.1, 0.15) is 0 Å². The van der Waals surface area contributed by atoms with Crippen LogP contribution in [0.2, 0.25) is 0 Å². The maximum absolute atomic E-state index is 12.3. The van der Waals surface area contributed by atoms with Crippen molar-refractivity contribution >= 4 is 11.9 Å². The molecule has 126 valence electrons. The van der Waals surface area contributed by atoms with Gasteiger partial charge in [0.15, 0.2) is 0 Å². The summed E-state index contributed by atoms with van der Waals surface area (Å²) in [6, 6.07) is 0.0317. The number of morpholine rings is 1. The predicted octanol–water partition coefficient (Wildman–Crippen LogP) is 1.85. The predicted molar refractivity (Wildman–Crippen MR) is 88.3 cm³/mol. The molecule has 2 heterocycles. The van der Waals surface area contributed by atoms with E-state index < -0.39 is 0 Å². The van der Waals surface area contributed by atoms with Crippen molar-refractivity contribution in [2.24, 2.45) is 5.41 Å². The summed E-state index contributed by atoms with van der Waals surface area (Å²) in [4.78, 5) is 23.8. The van der Waals surface area contributed by atoms with Crippen molar-refractivity contribution in [3.8, 4) is 0 Å². The van der Waals surface area contributed by atoms with Crippen molar-refractivity contribution in [1.29, 1.82) is 0 Å². The van der Waals surface area contributed by atoms with Gasteiger partial charge in [-0.25, -0.2) is 9.97 Å². The lowest BCUT2D eigenvalue weighted by atomic mass is 9.90. The molecule has 0 aromatic carbocycles. The van der Waals surface area contributed by atoms with Crippen LogP contribution in [0, 0.1) is 5.41 Å². The van der Waals surface area contributed by atoms with Gasteiger partial charge in [-0.2, -0.15) is 0 Å².